The van der Waals surface area contributed by atoms with Crippen LogP contribution in [0, 0.1) is 0 Å². The summed E-state index contributed by atoms with van der Waals surface area (Å²) in [6.45, 7) is 0.343. The van der Waals surface area contributed by atoms with Crippen molar-refractivity contribution < 1.29 is 71.4 Å². The standard InChI is InChI=1S/C55H98O15P2/c1-3-5-7-9-11-13-15-17-19-21-23-24-26-28-30-32-34-36-38-40-42-44-55(60)66-46-52(57)48-68-72(63,64)70-50-53(58)49-69-71(61,62)67-47-51(56)45-65-54(59)43-41-39-37-35-33-31-29-27-25-22-20-18-16-14-12-10-8-6-4-2/h11-14,17-20,25,27,31,33,51-53,56-58H,3-10,15-16,21-24,26,28-30,32,34-50H2,1-2H3,(H,61,62)(H,63,64)/b13-11-,14-12-,19-17-,20-18-,27-25-,33-31-. The summed E-state index contributed by atoms with van der Waals surface area (Å²) in [5, 5.41) is 30.1. The first-order valence-electron chi connectivity index (χ1n) is 27.3. The Morgan fingerprint density at radius 3 is 0.903 bits per heavy atom. The molecule has 0 aliphatic rings. The molecule has 72 heavy (non-hydrogen) atoms. The molecular formula is C55H98O15P2. The zero-order valence-corrected chi connectivity index (χ0v) is 46.1. The molecule has 0 aromatic carbocycles. The lowest BCUT2D eigenvalue weighted by molar-refractivity contribution is -0.148. The van der Waals surface area contributed by atoms with Gasteiger partial charge in [-0.05, 0) is 89.9 Å². The monoisotopic (exact) mass is 1060 g/mol. The first kappa shape index (κ1) is 69.5. The number of carbonyl (C=O) groups excluding carboxylic acids is 2. The van der Waals surface area contributed by atoms with E-state index in [1.807, 2.05) is 0 Å². The van der Waals surface area contributed by atoms with Crippen molar-refractivity contribution in [2.75, 3.05) is 39.6 Å². The molecule has 0 heterocycles. The van der Waals surface area contributed by atoms with Crippen molar-refractivity contribution in [1.29, 1.82) is 0 Å². The van der Waals surface area contributed by atoms with Gasteiger partial charge in [0, 0.05) is 12.8 Å². The van der Waals surface area contributed by atoms with Crippen molar-refractivity contribution in [3.63, 3.8) is 0 Å². The summed E-state index contributed by atoms with van der Waals surface area (Å²) in [7, 11) is -9.60. The molecule has 5 atom stereocenters. The minimum atomic E-state index is -4.80. The van der Waals surface area contributed by atoms with Crippen LogP contribution >= 0.6 is 15.6 Å². The summed E-state index contributed by atoms with van der Waals surface area (Å²) < 4.78 is 53.1. The van der Waals surface area contributed by atoms with Crippen LogP contribution in [0.1, 0.15) is 206 Å². The normalized spacial score (nSPS) is 15.4. The molecule has 0 rings (SSSR count). The van der Waals surface area contributed by atoms with Crippen LogP contribution in [0.5, 0.6) is 0 Å². The molecule has 0 fully saturated rings. The van der Waals surface area contributed by atoms with E-state index in [0.29, 0.717) is 12.8 Å². The largest absolute Gasteiger partial charge is 0.472 e. The van der Waals surface area contributed by atoms with Gasteiger partial charge >= 0.3 is 27.6 Å². The van der Waals surface area contributed by atoms with Gasteiger partial charge in [0.05, 0.1) is 26.4 Å². The van der Waals surface area contributed by atoms with Crippen LogP contribution in [0.4, 0.5) is 0 Å². The van der Waals surface area contributed by atoms with Crippen LogP contribution in [0.3, 0.4) is 0 Å². The summed E-state index contributed by atoms with van der Waals surface area (Å²) in [5.74, 6) is -1.03. The summed E-state index contributed by atoms with van der Waals surface area (Å²) in [4.78, 5) is 43.9. The van der Waals surface area contributed by atoms with Gasteiger partial charge in [0.25, 0.3) is 0 Å². The highest BCUT2D eigenvalue weighted by atomic mass is 31.2. The SMILES string of the molecule is CCCCC/C=C\C/C=C\C/C=C\C/C=C\CCCCCC(=O)OCC(O)COP(=O)(O)OCC(O)COP(=O)(O)OCC(O)COC(=O)CCCCCCCCCCCCC/C=C\C/C=C\CCCCC. The summed E-state index contributed by atoms with van der Waals surface area (Å²) in [5.41, 5.74) is 0. The highest BCUT2D eigenvalue weighted by Gasteiger charge is 2.28. The molecule has 5 N–H and O–H groups in total. The lowest BCUT2D eigenvalue weighted by Crippen LogP contribution is -2.25. The Labute approximate surface area is 434 Å². The number of allylic oxidation sites excluding steroid dienone is 12. The molecule has 0 saturated carbocycles. The second-order valence-electron chi connectivity index (χ2n) is 18.2. The first-order chi connectivity index (χ1) is 34.8. The van der Waals surface area contributed by atoms with Gasteiger partial charge < -0.3 is 34.6 Å². The number of phosphoric ester groups is 2. The van der Waals surface area contributed by atoms with Gasteiger partial charge in [-0.25, -0.2) is 9.13 Å². The van der Waals surface area contributed by atoms with Crippen LogP contribution in [-0.2, 0) is 46.3 Å². The Bertz CT molecular complexity index is 1560. The number of unbranched alkanes of at least 4 members (excludes halogenated alkanes) is 20. The molecule has 0 aromatic heterocycles. The molecule has 0 amide bonds. The molecule has 0 aromatic rings. The fourth-order valence-corrected chi connectivity index (χ4v) is 8.46. The van der Waals surface area contributed by atoms with Crippen molar-refractivity contribution in [2.45, 2.75) is 225 Å². The third kappa shape index (κ3) is 52.3. The Morgan fingerprint density at radius 1 is 0.361 bits per heavy atom. The van der Waals surface area contributed by atoms with Crippen LogP contribution in [0.2, 0.25) is 0 Å². The third-order valence-electron chi connectivity index (χ3n) is 11.1. The van der Waals surface area contributed by atoms with Crippen molar-refractivity contribution in [2.24, 2.45) is 0 Å². The zero-order valence-electron chi connectivity index (χ0n) is 44.3. The molecular weight excluding hydrogens is 963 g/mol. The van der Waals surface area contributed by atoms with E-state index >= 15 is 0 Å². The molecule has 418 valence electrons. The minimum absolute atomic E-state index is 0.156. The van der Waals surface area contributed by atoms with E-state index in [4.69, 9.17) is 14.0 Å². The minimum Gasteiger partial charge on any atom is -0.463 e. The number of rotatable bonds is 52. The highest BCUT2D eigenvalue weighted by molar-refractivity contribution is 7.47. The first-order valence-corrected chi connectivity index (χ1v) is 30.3. The van der Waals surface area contributed by atoms with Crippen LogP contribution < -0.4 is 0 Å². The van der Waals surface area contributed by atoms with E-state index in [2.05, 4.69) is 100 Å². The second-order valence-corrected chi connectivity index (χ2v) is 21.1. The maximum atomic E-state index is 12.2. The van der Waals surface area contributed by atoms with Gasteiger partial charge in [0.2, 0.25) is 0 Å². The molecule has 0 radical (unpaired) electrons. The number of phosphoric acid groups is 2. The number of ether oxygens (including phenoxy) is 2. The van der Waals surface area contributed by atoms with Gasteiger partial charge in [-0.1, -0.05) is 177 Å². The maximum Gasteiger partial charge on any atom is 0.472 e. The van der Waals surface area contributed by atoms with E-state index < -0.39 is 85.5 Å². The van der Waals surface area contributed by atoms with E-state index in [9.17, 15) is 43.8 Å². The molecule has 0 saturated heterocycles. The van der Waals surface area contributed by atoms with Crippen LogP contribution in [-0.4, -0.2) is 95.0 Å². The van der Waals surface area contributed by atoms with Gasteiger partial charge in [0.15, 0.2) is 0 Å². The molecule has 15 nitrogen and oxygen atoms in total. The predicted molar refractivity (Wildman–Crippen MR) is 288 cm³/mol. The Kier molecular flexibility index (Phi) is 48.9. The molecule has 0 bridgehead atoms. The highest BCUT2D eigenvalue weighted by Crippen LogP contribution is 2.45. The molecule has 0 aliphatic heterocycles. The lowest BCUT2D eigenvalue weighted by Gasteiger charge is -2.19. The van der Waals surface area contributed by atoms with Gasteiger partial charge in [-0.3, -0.25) is 27.7 Å². The number of hydrogen-bond donors (Lipinski definition) is 5. The van der Waals surface area contributed by atoms with E-state index in [1.54, 1.807) is 0 Å². The summed E-state index contributed by atoms with van der Waals surface area (Å²) in [6.07, 6.45) is 53.1. The average molecular weight is 1060 g/mol. The van der Waals surface area contributed by atoms with Crippen molar-refractivity contribution in [1.82, 2.24) is 0 Å². The molecule has 0 aliphatic carbocycles. The summed E-state index contributed by atoms with van der Waals surface area (Å²) in [6, 6.07) is 0. The van der Waals surface area contributed by atoms with Gasteiger partial charge in [0.1, 0.15) is 31.5 Å². The average Bonchev–Trinajstić information content (AvgIpc) is 3.36. The Hall–Kier alpha value is -2.52. The maximum absolute atomic E-state index is 12.2. The zero-order chi connectivity index (χ0) is 53.1. The smallest absolute Gasteiger partial charge is 0.463 e. The van der Waals surface area contributed by atoms with Crippen LogP contribution in [0.15, 0.2) is 72.9 Å². The van der Waals surface area contributed by atoms with Crippen LogP contribution in [0.25, 0.3) is 0 Å². The van der Waals surface area contributed by atoms with E-state index in [-0.39, 0.29) is 12.8 Å². The number of aliphatic hydroxyl groups is 3. The topological polar surface area (TPSA) is 225 Å². The Balaban J connectivity index is 3.87. The lowest BCUT2D eigenvalue weighted by atomic mass is 10.0. The van der Waals surface area contributed by atoms with Crippen molar-refractivity contribution >= 4 is 27.6 Å². The predicted octanol–water partition coefficient (Wildman–Crippen LogP) is 13.5. The van der Waals surface area contributed by atoms with Gasteiger partial charge in [-0.2, -0.15) is 0 Å². The molecule has 5 unspecified atom stereocenters. The fourth-order valence-electron chi connectivity index (χ4n) is 6.87. The quantitative estimate of drug-likeness (QED) is 0.0165. The Morgan fingerprint density at radius 2 is 0.597 bits per heavy atom. The van der Waals surface area contributed by atoms with Crippen molar-refractivity contribution in [3.8, 4) is 0 Å². The van der Waals surface area contributed by atoms with E-state index in [1.165, 1.54) is 89.9 Å². The molecule has 17 heteroatoms. The van der Waals surface area contributed by atoms with Crippen molar-refractivity contribution in [3.05, 3.63) is 72.9 Å². The second kappa shape index (κ2) is 50.6. The number of carbonyl (C=O) groups is 2. The fraction of sp³-hybridized carbons (Fsp3) is 0.745. The number of hydrogen-bond acceptors (Lipinski definition) is 13. The van der Waals surface area contributed by atoms with Gasteiger partial charge in [-0.15, -0.1) is 0 Å². The molecule has 0 spiro atoms. The number of esters is 2. The third-order valence-corrected chi connectivity index (χ3v) is 13.0. The summed E-state index contributed by atoms with van der Waals surface area (Å²) >= 11 is 0. The van der Waals surface area contributed by atoms with E-state index in [0.717, 1.165) is 77.0 Å². The number of aliphatic hydroxyl groups excluding tert-OH is 3.